The monoisotopic (exact) mass is 159 g/mol. The van der Waals surface area contributed by atoms with Crippen LogP contribution in [0.4, 0.5) is 4.20 Å². The van der Waals surface area contributed by atoms with Crippen LogP contribution in [0, 0.1) is 0 Å². The van der Waals surface area contributed by atoms with Gasteiger partial charge in [0, 0.05) is 0 Å². The van der Waals surface area contributed by atoms with Crippen LogP contribution in [-0.2, 0) is 4.57 Å². The summed E-state index contributed by atoms with van der Waals surface area (Å²) >= 11 is 0. The van der Waals surface area contributed by atoms with E-state index in [1.807, 2.05) is 0 Å². The Balaban J connectivity index is 3.09. The van der Waals surface area contributed by atoms with Crippen molar-refractivity contribution >= 4 is 12.9 Å². The normalized spacial score (nSPS) is 16.2. The third-order valence-corrected chi connectivity index (χ3v) is 2.11. The zero-order chi connectivity index (χ0) is 7.61. The lowest BCUT2D eigenvalue weighted by Crippen LogP contribution is -2.06. The van der Waals surface area contributed by atoms with E-state index in [4.69, 9.17) is 5.50 Å². The zero-order valence-electron chi connectivity index (χ0n) is 5.20. The highest BCUT2D eigenvalue weighted by Crippen LogP contribution is 2.35. The summed E-state index contributed by atoms with van der Waals surface area (Å²) in [6.45, 7) is 0. The fraction of sp³-hybridized carbons (Fsp3) is 0. The quantitative estimate of drug-likeness (QED) is 0.630. The van der Waals surface area contributed by atoms with Crippen molar-refractivity contribution in [1.82, 2.24) is 0 Å². The number of rotatable bonds is 1. The molecule has 0 spiro atoms. The maximum absolute atomic E-state index is 12.5. The Kier molecular flexibility index (Phi) is 1.88. The molecule has 1 aromatic rings. The average molecular weight is 159 g/mol. The molecular formula is C6H7FNOP. The van der Waals surface area contributed by atoms with Crippen LogP contribution in [0.15, 0.2) is 30.3 Å². The summed E-state index contributed by atoms with van der Waals surface area (Å²) < 4.78 is 23.0. The first-order valence-corrected chi connectivity index (χ1v) is 4.41. The third-order valence-electron chi connectivity index (χ3n) is 1.11. The van der Waals surface area contributed by atoms with Crippen molar-refractivity contribution in [3.63, 3.8) is 0 Å². The van der Waals surface area contributed by atoms with E-state index in [-0.39, 0.29) is 5.30 Å². The van der Waals surface area contributed by atoms with Crippen molar-refractivity contribution < 1.29 is 8.76 Å². The molecule has 0 bridgehead atoms. The molecule has 0 heterocycles. The minimum absolute atomic E-state index is 0.0648. The van der Waals surface area contributed by atoms with E-state index >= 15 is 0 Å². The van der Waals surface area contributed by atoms with E-state index in [1.54, 1.807) is 18.2 Å². The number of hydrogen-bond donors (Lipinski definition) is 1. The van der Waals surface area contributed by atoms with Gasteiger partial charge in [-0.3, -0.25) is 10.1 Å². The Labute approximate surface area is 58.4 Å². The second-order valence-corrected chi connectivity index (χ2v) is 3.58. The van der Waals surface area contributed by atoms with Gasteiger partial charge in [0.25, 0.3) is 0 Å². The fourth-order valence-electron chi connectivity index (χ4n) is 0.631. The molecule has 0 aliphatic heterocycles. The largest absolute Gasteiger partial charge is 0.334 e. The third kappa shape index (κ3) is 1.66. The first-order chi connectivity index (χ1) is 4.61. The summed E-state index contributed by atoms with van der Waals surface area (Å²) in [5.41, 5.74) is 4.75. The summed E-state index contributed by atoms with van der Waals surface area (Å²) in [5.74, 6) is 0. The summed E-state index contributed by atoms with van der Waals surface area (Å²) in [6.07, 6.45) is 0. The average Bonchev–Trinajstić information content (AvgIpc) is 1.88. The molecule has 0 radical (unpaired) electrons. The molecule has 1 unspecified atom stereocenters. The molecule has 0 amide bonds. The number of benzene rings is 1. The molecule has 2 N–H and O–H groups in total. The standard InChI is InChI=1S/C6H7FNOP/c7-10(8,9)6-4-2-1-3-5-6/h1-5H,(H2,8,9). The van der Waals surface area contributed by atoms with Crippen LogP contribution in [0.25, 0.3) is 0 Å². The lowest BCUT2D eigenvalue weighted by Gasteiger charge is -1.99. The maximum atomic E-state index is 12.5. The molecular weight excluding hydrogens is 152 g/mol. The zero-order valence-corrected chi connectivity index (χ0v) is 6.09. The topological polar surface area (TPSA) is 43.1 Å². The first-order valence-electron chi connectivity index (χ1n) is 2.74. The Morgan fingerprint density at radius 3 is 2.10 bits per heavy atom. The SMILES string of the molecule is NP(=O)(F)c1ccccc1. The van der Waals surface area contributed by atoms with Gasteiger partial charge in [-0.05, 0) is 12.1 Å². The van der Waals surface area contributed by atoms with E-state index in [2.05, 4.69) is 0 Å². The first kappa shape index (κ1) is 7.45. The molecule has 1 atom stereocenters. The van der Waals surface area contributed by atoms with Gasteiger partial charge >= 0.3 is 7.60 Å². The molecule has 0 saturated carbocycles. The minimum atomic E-state index is -4.02. The summed E-state index contributed by atoms with van der Waals surface area (Å²) in [4.78, 5) is 0. The molecule has 2 nitrogen and oxygen atoms in total. The number of nitrogens with two attached hydrogens (primary N) is 1. The van der Waals surface area contributed by atoms with Crippen LogP contribution >= 0.6 is 7.60 Å². The molecule has 4 heteroatoms. The summed E-state index contributed by atoms with van der Waals surface area (Å²) in [5, 5.41) is 0.0648. The van der Waals surface area contributed by atoms with Crippen molar-refractivity contribution in [3.05, 3.63) is 30.3 Å². The van der Waals surface area contributed by atoms with Gasteiger partial charge < -0.3 is 0 Å². The second kappa shape index (κ2) is 2.52. The van der Waals surface area contributed by atoms with Crippen LogP contribution in [-0.4, -0.2) is 0 Å². The fourth-order valence-corrected chi connectivity index (χ4v) is 1.21. The lowest BCUT2D eigenvalue weighted by molar-refractivity contribution is 0.551. The number of halogens is 1. The Hall–Kier alpha value is -0.660. The molecule has 54 valence electrons. The number of hydrogen-bond acceptors (Lipinski definition) is 1. The van der Waals surface area contributed by atoms with Crippen LogP contribution in [0.3, 0.4) is 0 Å². The van der Waals surface area contributed by atoms with Crippen LogP contribution in [0.5, 0.6) is 0 Å². The van der Waals surface area contributed by atoms with E-state index in [1.165, 1.54) is 12.1 Å². The van der Waals surface area contributed by atoms with Gasteiger partial charge in [-0.25, -0.2) is 0 Å². The van der Waals surface area contributed by atoms with Crippen LogP contribution in [0.1, 0.15) is 0 Å². The molecule has 1 aromatic carbocycles. The second-order valence-electron chi connectivity index (χ2n) is 1.91. The highest BCUT2D eigenvalue weighted by Gasteiger charge is 2.15. The van der Waals surface area contributed by atoms with Gasteiger partial charge in [0.1, 0.15) is 0 Å². The van der Waals surface area contributed by atoms with Gasteiger partial charge in [-0.1, -0.05) is 18.2 Å². The summed E-state index contributed by atoms with van der Waals surface area (Å²) in [6, 6.07) is 7.70. The van der Waals surface area contributed by atoms with Gasteiger partial charge in [0.15, 0.2) is 0 Å². The molecule has 0 saturated heterocycles. The van der Waals surface area contributed by atoms with Gasteiger partial charge in [0.05, 0.1) is 5.30 Å². The van der Waals surface area contributed by atoms with E-state index < -0.39 is 7.60 Å². The summed E-state index contributed by atoms with van der Waals surface area (Å²) in [7, 11) is -4.02. The predicted octanol–water partition coefficient (Wildman–Crippen LogP) is 1.43. The minimum Gasteiger partial charge on any atom is -0.265 e. The van der Waals surface area contributed by atoms with Crippen LogP contribution < -0.4 is 10.8 Å². The van der Waals surface area contributed by atoms with Crippen molar-refractivity contribution in [2.24, 2.45) is 5.50 Å². The maximum Gasteiger partial charge on any atom is 0.334 e. The Morgan fingerprint density at radius 1 is 1.30 bits per heavy atom. The molecule has 0 aliphatic rings. The molecule has 0 fully saturated rings. The van der Waals surface area contributed by atoms with E-state index in [0.29, 0.717) is 0 Å². The van der Waals surface area contributed by atoms with Crippen molar-refractivity contribution in [2.75, 3.05) is 0 Å². The molecule has 0 aromatic heterocycles. The molecule has 0 aliphatic carbocycles. The van der Waals surface area contributed by atoms with Gasteiger partial charge in [-0.15, -0.1) is 0 Å². The highest BCUT2D eigenvalue weighted by molar-refractivity contribution is 7.64. The van der Waals surface area contributed by atoms with E-state index in [0.717, 1.165) is 0 Å². The van der Waals surface area contributed by atoms with Crippen LogP contribution in [0.2, 0.25) is 0 Å². The highest BCUT2D eigenvalue weighted by atomic mass is 31.2. The Bertz CT molecular complexity index is 256. The van der Waals surface area contributed by atoms with Crippen molar-refractivity contribution in [1.29, 1.82) is 0 Å². The van der Waals surface area contributed by atoms with Gasteiger partial charge in [0.2, 0.25) is 0 Å². The van der Waals surface area contributed by atoms with Crippen molar-refractivity contribution in [3.8, 4) is 0 Å². The lowest BCUT2D eigenvalue weighted by atomic mass is 10.4. The van der Waals surface area contributed by atoms with Gasteiger partial charge in [-0.2, -0.15) is 4.20 Å². The molecule has 1 rings (SSSR count). The molecule has 10 heavy (non-hydrogen) atoms. The Morgan fingerprint density at radius 2 is 1.80 bits per heavy atom. The van der Waals surface area contributed by atoms with Crippen molar-refractivity contribution in [2.45, 2.75) is 0 Å². The smallest absolute Gasteiger partial charge is 0.265 e. The predicted molar refractivity (Wildman–Crippen MR) is 39.0 cm³/mol. The van der Waals surface area contributed by atoms with E-state index in [9.17, 15) is 8.76 Å².